The van der Waals surface area contributed by atoms with Crippen molar-refractivity contribution in [2.45, 2.75) is 39.2 Å². The van der Waals surface area contributed by atoms with Crippen LogP contribution in [0.4, 0.5) is 4.79 Å². The minimum absolute atomic E-state index is 0.0614. The van der Waals surface area contributed by atoms with Crippen molar-refractivity contribution < 1.29 is 14.3 Å². The van der Waals surface area contributed by atoms with Crippen LogP contribution < -0.4 is 0 Å². The summed E-state index contributed by atoms with van der Waals surface area (Å²) in [7, 11) is 0. The zero-order valence-corrected chi connectivity index (χ0v) is 10.5. The van der Waals surface area contributed by atoms with E-state index in [9.17, 15) is 9.59 Å². The fraction of sp³-hybridized carbons (Fsp3) is 0.750. The predicted octanol–water partition coefficient (Wildman–Crippen LogP) is 1.73. The van der Waals surface area contributed by atoms with Crippen molar-refractivity contribution in [3.05, 3.63) is 0 Å². The fourth-order valence-corrected chi connectivity index (χ4v) is 1.69. The lowest BCUT2D eigenvalue weighted by Gasteiger charge is -2.32. The molecule has 1 aliphatic rings. The maximum absolute atomic E-state index is 11.8. The molecule has 17 heavy (non-hydrogen) atoms. The van der Waals surface area contributed by atoms with Gasteiger partial charge in [-0.05, 0) is 20.8 Å². The summed E-state index contributed by atoms with van der Waals surface area (Å²) < 4.78 is 5.23. The molecule has 0 bridgehead atoms. The molecular formula is C12H18N2O3. The van der Waals surface area contributed by atoms with Crippen LogP contribution in [0.2, 0.25) is 0 Å². The summed E-state index contributed by atoms with van der Waals surface area (Å²) >= 11 is 0. The second-order valence-electron chi connectivity index (χ2n) is 5.20. The summed E-state index contributed by atoms with van der Waals surface area (Å²) in [4.78, 5) is 24.8. The molecule has 0 aromatic heterocycles. The smallest absolute Gasteiger partial charge is 0.410 e. The first-order valence-corrected chi connectivity index (χ1v) is 5.71. The van der Waals surface area contributed by atoms with E-state index >= 15 is 0 Å². The Morgan fingerprint density at radius 2 is 2.24 bits per heavy atom. The van der Waals surface area contributed by atoms with Crippen LogP contribution in [-0.2, 0) is 9.53 Å². The zero-order chi connectivity index (χ0) is 13.1. The molecule has 5 heteroatoms. The molecular weight excluding hydrogens is 220 g/mol. The van der Waals surface area contributed by atoms with Gasteiger partial charge in [0, 0.05) is 31.8 Å². The molecule has 0 saturated carbocycles. The quantitative estimate of drug-likeness (QED) is 0.697. The summed E-state index contributed by atoms with van der Waals surface area (Å²) in [6.07, 6.45) is 0.0666. The van der Waals surface area contributed by atoms with Crippen LogP contribution in [0, 0.1) is 17.2 Å². The summed E-state index contributed by atoms with van der Waals surface area (Å²) in [5, 5.41) is 8.61. The summed E-state index contributed by atoms with van der Waals surface area (Å²) in [5.74, 6) is -0.298. The first kappa shape index (κ1) is 13.5. The molecule has 1 amide bonds. The average molecular weight is 238 g/mol. The zero-order valence-electron chi connectivity index (χ0n) is 10.5. The van der Waals surface area contributed by atoms with Gasteiger partial charge < -0.3 is 9.64 Å². The lowest BCUT2D eigenvalue weighted by molar-refractivity contribution is -0.125. The maximum atomic E-state index is 11.8. The van der Waals surface area contributed by atoms with E-state index in [1.165, 1.54) is 4.90 Å². The van der Waals surface area contributed by atoms with Gasteiger partial charge in [-0.3, -0.25) is 4.79 Å². The van der Waals surface area contributed by atoms with Gasteiger partial charge in [0.15, 0.2) is 0 Å². The highest BCUT2D eigenvalue weighted by atomic mass is 16.6. The number of amides is 1. The van der Waals surface area contributed by atoms with Crippen LogP contribution in [-0.4, -0.2) is 35.5 Å². The normalized spacial score (nSPS) is 20.9. The fourth-order valence-electron chi connectivity index (χ4n) is 1.69. The molecule has 1 fully saturated rings. The van der Waals surface area contributed by atoms with E-state index in [4.69, 9.17) is 10.00 Å². The van der Waals surface area contributed by atoms with Crippen LogP contribution in [0.25, 0.3) is 0 Å². The standard InChI is InChI=1S/C12H18N2O3/c1-12(2,3)17-11(16)14-7-5-10(15)9(8-14)4-6-13/h9H,4-5,7-8H2,1-3H3. The minimum Gasteiger partial charge on any atom is -0.444 e. The molecule has 0 radical (unpaired) electrons. The number of likely N-dealkylation sites (tertiary alicyclic amines) is 1. The molecule has 1 unspecified atom stereocenters. The van der Waals surface area contributed by atoms with Gasteiger partial charge >= 0.3 is 6.09 Å². The van der Waals surface area contributed by atoms with Gasteiger partial charge in [-0.1, -0.05) is 0 Å². The van der Waals surface area contributed by atoms with Gasteiger partial charge in [-0.15, -0.1) is 0 Å². The summed E-state index contributed by atoms with van der Waals surface area (Å²) in [6, 6.07) is 1.98. The predicted molar refractivity (Wildman–Crippen MR) is 61.2 cm³/mol. The Morgan fingerprint density at radius 3 is 2.76 bits per heavy atom. The summed E-state index contributed by atoms with van der Waals surface area (Å²) in [5.41, 5.74) is -0.538. The van der Waals surface area contributed by atoms with E-state index in [2.05, 4.69) is 0 Å². The third-order valence-electron chi connectivity index (χ3n) is 2.51. The van der Waals surface area contributed by atoms with Crippen molar-refractivity contribution in [2.24, 2.45) is 5.92 Å². The van der Waals surface area contributed by atoms with E-state index < -0.39 is 11.7 Å². The Labute approximate surface area is 101 Å². The molecule has 0 aromatic rings. The van der Waals surface area contributed by atoms with Gasteiger partial charge in [-0.2, -0.15) is 5.26 Å². The van der Waals surface area contributed by atoms with Crippen molar-refractivity contribution in [3.8, 4) is 6.07 Å². The molecule has 5 nitrogen and oxygen atoms in total. The Bertz CT molecular complexity index is 352. The van der Waals surface area contributed by atoms with Crippen LogP contribution >= 0.6 is 0 Å². The number of hydrogen-bond acceptors (Lipinski definition) is 4. The number of Topliss-reactive ketones (excluding diaryl/α,β-unsaturated/α-hetero) is 1. The number of nitrogens with zero attached hydrogens (tertiary/aromatic N) is 2. The molecule has 1 atom stereocenters. The highest BCUT2D eigenvalue weighted by molar-refractivity contribution is 5.84. The largest absolute Gasteiger partial charge is 0.444 e. The topological polar surface area (TPSA) is 70.4 Å². The van der Waals surface area contributed by atoms with Crippen LogP contribution in [0.3, 0.4) is 0 Å². The molecule has 0 N–H and O–H groups in total. The molecule has 1 aliphatic heterocycles. The Balaban J connectivity index is 2.59. The van der Waals surface area contributed by atoms with Gasteiger partial charge in [-0.25, -0.2) is 4.79 Å². The van der Waals surface area contributed by atoms with Crippen molar-refractivity contribution in [1.82, 2.24) is 4.90 Å². The van der Waals surface area contributed by atoms with Gasteiger partial charge in [0.05, 0.1) is 6.07 Å². The molecule has 0 aliphatic carbocycles. The number of nitriles is 1. The number of piperidine rings is 1. The molecule has 1 rings (SSSR count). The number of rotatable bonds is 1. The average Bonchev–Trinajstić information content (AvgIpc) is 2.19. The second kappa shape index (κ2) is 5.17. The van der Waals surface area contributed by atoms with Crippen molar-refractivity contribution in [1.29, 1.82) is 5.26 Å². The van der Waals surface area contributed by atoms with Gasteiger partial charge in [0.2, 0.25) is 0 Å². The van der Waals surface area contributed by atoms with E-state index in [0.29, 0.717) is 19.5 Å². The van der Waals surface area contributed by atoms with Crippen LogP contribution in [0.5, 0.6) is 0 Å². The Kier molecular flexibility index (Phi) is 4.11. The van der Waals surface area contributed by atoms with Gasteiger partial charge in [0.25, 0.3) is 0 Å². The van der Waals surface area contributed by atoms with Crippen molar-refractivity contribution in [3.63, 3.8) is 0 Å². The third-order valence-corrected chi connectivity index (χ3v) is 2.51. The third kappa shape index (κ3) is 4.06. The monoisotopic (exact) mass is 238 g/mol. The van der Waals surface area contributed by atoms with Crippen LogP contribution in [0.15, 0.2) is 0 Å². The number of carbonyl (C=O) groups excluding carboxylic acids is 2. The second-order valence-corrected chi connectivity index (χ2v) is 5.20. The Hall–Kier alpha value is -1.57. The first-order chi connectivity index (χ1) is 7.83. The number of hydrogen-bond donors (Lipinski definition) is 0. The SMILES string of the molecule is CC(C)(C)OC(=O)N1CCC(=O)C(CC#N)C1. The highest BCUT2D eigenvalue weighted by Crippen LogP contribution is 2.18. The molecule has 94 valence electrons. The van der Waals surface area contributed by atoms with E-state index in [-0.39, 0.29) is 18.1 Å². The van der Waals surface area contributed by atoms with E-state index in [1.54, 1.807) is 20.8 Å². The van der Waals surface area contributed by atoms with E-state index in [0.717, 1.165) is 0 Å². The summed E-state index contributed by atoms with van der Waals surface area (Å²) in [6.45, 7) is 6.07. The highest BCUT2D eigenvalue weighted by Gasteiger charge is 2.31. The molecule has 1 saturated heterocycles. The molecule has 0 spiro atoms. The maximum Gasteiger partial charge on any atom is 0.410 e. The number of carbonyl (C=O) groups is 2. The Morgan fingerprint density at radius 1 is 1.59 bits per heavy atom. The lowest BCUT2D eigenvalue weighted by atomic mass is 9.94. The number of ketones is 1. The lowest BCUT2D eigenvalue weighted by Crippen LogP contribution is -2.46. The van der Waals surface area contributed by atoms with E-state index in [1.807, 2.05) is 6.07 Å². The minimum atomic E-state index is -0.538. The van der Waals surface area contributed by atoms with Crippen molar-refractivity contribution >= 4 is 11.9 Å². The van der Waals surface area contributed by atoms with Crippen molar-refractivity contribution in [2.75, 3.05) is 13.1 Å². The molecule has 1 heterocycles. The first-order valence-electron chi connectivity index (χ1n) is 5.71. The number of ether oxygens (including phenoxy) is 1. The van der Waals surface area contributed by atoms with Gasteiger partial charge in [0.1, 0.15) is 11.4 Å². The molecule has 0 aromatic carbocycles. The van der Waals surface area contributed by atoms with Crippen LogP contribution in [0.1, 0.15) is 33.6 Å².